The third kappa shape index (κ3) is 4.66. The molecule has 0 aromatic carbocycles. The SMILES string of the molecule is CC1(NC(=O)CN2CCCCC2CCN)CCS(=O)(=O)C1. The molecule has 0 saturated carbocycles. The fourth-order valence-electron chi connectivity index (χ4n) is 3.46. The van der Waals surface area contributed by atoms with Crippen LogP contribution in [-0.2, 0) is 14.6 Å². The summed E-state index contributed by atoms with van der Waals surface area (Å²) >= 11 is 0. The summed E-state index contributed by atoms with van der Waals surface area (Å²) in [7, 11) is -3.00. The number of hydrogen-bond donors (Lipinski definition) is 2. The van der Waals surface area contributed by atoms with Crippen molar-refractivity contribution in [2.24, 2.45) is 5.73 Å². The fraction of sp³-hybridized carbons (Fsp3) is 0.929. The standard InChI is InChI=1S/C14H27N3O3S/c1-14(6-9-21(19,20)11-14)16-13(18)10-17-8-3-2-4-12(17)5-7-15/h12H,2-11,15H2,1H3,(H,16,18). The molecule has 0 aromatic rings. The number of rotatable bonds is 5. The number of sulfone groups is 1. The van der Waals surface area contributed by atoms with Crippen molar-refractivity contribution in [1.82, 2.24) is 10.2 Å². The van der Waals surface area contributed by atoms with E-state index in [4.69, 9.17) is 5.73 Å². The van der Waals surface area contributed by atoms with Gasteiger partial charge in [0.2, 0.25) is 5.91 Å². The fourth-order valence-corrected chi connectivity index (χ4v) is 5.55. The molecule has 0 radical (unpaired) electrons. The van der Waals surface area contributed by atoms with Gasteiger partial charge in [0.15, 0.2) is 9.84 Å². The Hall–Kier alpha value is -0.660. The van der Waals surface area contributed by atoms with Gasteiger partial charge in [0.1, 0.15) is 0 Å². The van der Waals surface area contributed by atoms with Crippen LogP contribution >= 0.6 is 0 Å². The van der Waals surface area contributed by atoms with E-state index in [2.05, 4.69) is 10.2 Å². The third-order valence-corrected chi connectivity index (χ3v) is 6.44. The molecule has 2 saturated heterocycles. The van der Waals surface area contributed by atoms with Crippen LogP contribution < -0.4 is 11.1 Å². The van der Waals surface area contributed by atoms with Gasteiger partial charge in [-0.25, -0.2) is 8.42 Å². The summed E-state index contributed by atoms with van der Waals surface area (Å²) in [6, 6.07) is 0.384. The van der Waals surface area contributed by atoms with Crippen LogP contribution in [0.1, 0.15) is 39.0 Å². The lowest BCUT2D eigenvalue weighted by atomic mass is 9.99. The first-order chi connectivity index (χ1) is 9.84. The molecule has 0 bridgehead atoms. The Balaban J connectivity index is 1.89. The van der Waals surface area contributed by atoms with E-state index < -0.39 is 15.4 Å². The van der Waals surface area contributed by atoms with Crippen LogP contribution in [0.25, 0.3) is 0 Å². The van der Waals surface area contributed by atoms with E-state index >= 15 is 0 Å². The quantitative estimate of drug-likeness (QED) is 0.738. The van der Waals surface area contributed by atoms with Crippen LogP contribution in [0.3, 0.4) is 0 Å². The first-order valence-corrected chi connectivity index (χ1v) is 9.61. The van der Waals surface area contributed by atoms with Gasteiger partial charge in [-0.1, -0.05) is 6.42 Å². The van der Waals surface area contributed by atoms with Gasteiger partial charge in [-0.05, 0) is 45.7 Å². The highest BCUT2D eigenvalue weighted by Gasteiger charge is 2.39. The van der Waals surface area contributed by atoms with Crippen LogP contribution in [0.15, 0.2) is 0 Å². The predicted octanol–water partition coefficient (Wildman–Crippen LogP) is -0.117. The molecule has 2 atom stereocenters. The van der Waals surface area contributed by atoms with Gasteiger partial charge in [-0.3, -0.25) is 9.69 Å². The molecule has 0 spiro atoms. The topological polar surface area (TPSA) is 92.5 Å². The van der Waals surface area contributed by atoms with Crippen molar-refractivity contribution in [3.63, 3.8) is 0 Å². The Morgan fingerprint density at radius 1 is 1.43 bits per heavy atom. The minimum absolute atomic E-state index is 0.0535. The number of piperidine rings is 1. The van der Waals surface area contributed by atoms with Crippen molar-refractivity contribution in [3.8, 4) is 0 Å². The molecule has 7 heteroatoms. The minimum atomic E-state index is -3.00. The van der Waals surface area contributed by atoms with E-state index in [0.29, 0.717) is 25.6 Å². The lowest BCUT2D eigenvalue weighted by molar-refractivity contribution is -0.124. The molecule has 1 amide bonds. The minimum Gasteiger partial charge on any atom is -0.349 e. The van der Waals surface area contributed by atoms with E-state index in [1.165, 1.54) is 6.42 Å². The number of nitrogens with two attached hydrogens (primary N) is 1. The van der Waals surface area contributed by atoms with E-state index in [0.717, 1.165) is 25.8 Å². The predicted molar refractivity (Wildman–Crippen MR) is 82.7 cm³/mol. The van der Waals surface area contributed by atoms with Gasteiger partial charge in [-0.15, -0.1) is 0 Å². The number of nitrogens with zero attached hydrogens (tertiary/aromatic N) is 1. The molecule has 2 heterocycles. The maximum Gasteiger partial charge on any atom is 0.234 e. The monoisotopic (exact) mass is 317 g/mol. The molecule has 2 rings (SSSR count). The summed E-state index contributed by atoms with van der Waals surface area (Å²) in [5.41, 5.74) is 5.04. The largest absolute Gasteiger partial charge is 0.349 e. The Bertz CT molecular complexity index is 478. The average Bonchev–Trinajstić information content (AvgIpc) is 2.65. The number of carbonyl (C=O) groups excluding carboxylic acids is 1. The maximum atomic E-state index is 12.3. The van der Waals surface area contributed by atoms with Crippen LogP contribution in [0.4, 0.5) is 0 Å². The van der Waals surface area contributed by atoms with Crippen LogP contribution in [-0.4, -0.2) is 61.9 Å². The number of carbonyl (C=O) groups is 1. The van der Waals surface area contributed by atoms with Crippen LogP contribution in [0, 0.1) is 0 Å². The van der Waals surface area contributed by atoms with Crippen molar-refractivity contribution in [1.29, 1.82) is 0 Å². The summed E-state index contributed by atoms with van der Waals surface area (Å²) in [5.74, 6) is 0.153. The zero-order valence-corrected chi connectivity index (χ0v) is 13.6. The first kappa shape index (κ1) is 16.7. The summed E-state index contributed by atoms with van der Waals surface area (Å²) < 4.78 is 23.2. The van der Waals surface area contributed by atoms with Crippen molar-refractivity contribution < 1.29 is 13.2 Å². The van der Waals surface area contributed by atoms with E-state index in [-0.39, 0.29) is 17.4 Å². The summed E-state index contributed by atoms with van der Waals surface area (Å²) in [5, 5.41) is 2.93. The number of amides is 1. The molecule has 0 aromatic heterocycles. The van der Waals surface area contributed by atoms with E-state index in [1.54, 1.807) is 0 Å². The van der Waals surface area contributed by atoms with Gasteiger partial charge >= 0.3 is 0 Å². The summed E-state index contributed by atoms with van der Waals surface area (Å²) in [6.07, 6.45) is 4.82. The summed E-state index contributed by atoms with van der Waals surface area (Å²) in [4.78, 5) is 14.4. The third-order valence-electron chi connectivity index (χ3n) is 4.54. The highest BCUT2D eigenvalue weighted by atomic mass is 32.2. The van der Waals surface area contributed by atoms with Crippen molar-refractivity contribution in [3.05, 3.63) is 0 Å². The molecule has 2 aliphatic rings. The molecule has 3 N–H and O–H groups in total. The normalized spacial score (nSPS) is 33.0. The number of nitrogens with one attached hydrogen (secondary N) is 1. The van der Waals surface area contributed by atoms with E-state index in [9.17, 15) is 13.2 Å². The first-order valence-electron chi connectivity index (χ1n) is 7.79. The van der Waals surface area contributed by atoms with Crippen molar-refractivity contribution in [2.45, 2.75) is 50.6 Å². The molecule has 2 fully saturated rings. The molecule has 2 unspecified atom stereocenters. The number of likely N-dealkylation sites (tertiary alicyclic amines) is 1. The van der Waals surface area contributed by atoms with E-state index in [1.807, 2.05) is 6.92 Å². The molecule has 0 aliphatic carbocycles. The highest BCUT2D eigenvalue weighted by molar-refractivity contribution is 7.91. The molecule has 122 valence electrons. The Kier molecular flexibility index (Phi) is 5.27. The van der Waals surface area contributed by atoms with Gasteiger partial charge in [0.25, 0.3) is 0 Å². The molecule has 2 aliphatic heterocycles. The maximum absolute atomic E-state index is 12.3. The van der Waals surface area contributed by atoms with Crippen LogP contribution in [0.2, 0.25) is 0 Å². The lowest BCUT2D eigenvalue weighted by Crippen LogP contribution is -2.52. The second-order valence-electron chi connectivity index (χ2n) is 6.65. The Labute approximate surface area is 127 Å². The second-order valence-corrected chi connectivity index (χ2v) is 8.83. The molecule has 6 nitrogen and oxygen atoms in total. The smallest absolute Gasteiger partial charge is 0.234 e. The molecule has 21 heavy (non-hydrogen) atoms. The van der Waals surface area contributed by atoms with Gasteiger partial charge in [0.05, 0.1) is 23.6 Å². The Morgan fingerprint density at radius 2 is 2.19 bits per heavy atom. The van der Waals surface area contributed by atoms with Crippen LogP contribution in [0.5, 0.6) is 0 Å². The molecular weight excluding hydrogens is 290 g/mol. The number of hydrogen-bond acceptors (Lipinski definition) is 5. The summed E-state index contributed by atoms with van der Waals surface area (Å²) in [6.45, 7) is 3.73. The highest BCUT2D eigenvalue weighted by Crippen LogP contribution is 2.23. The second kappa shape index (κ2) is 6.62. The van der Waals surface area contributed by atoms with Crippen molar-refractivity contribution in [2.75, 3.05) is 31.1 Å². The zero-order chi connectivity index (χ0) is 15.5. The Morgan fingerprint density at radius 3 is 2.81 bits per heavy atom. The average molecular weight is 317 g/mol. The van der Waals surface area contributed by atoms with Crippen molar-refractivity contribution >= 4 is 15.7 Å². The molecular formula is C14H27N3O3S. The lowest BCUT2D eigenvalue weighted by Gasteiger charge is -2.36. The van der Waals surface area contributed by atoms with Gasteiger partial charge in [-0.2, -0.15) is 0 Å². The van der Waals surface area contributed by atoms with Gasteiger partial charge in [0, 0.05) is 6.04 Å². The van der Waals surface area contributed by atoms with Gasteiger partial charge < -0.3 is 11.1 Å². The zero-order valence-electron chi connectivity index (χ0n) is 12.8.